The largest absolute Gasteiger partial charge is 0.480 e. The van der Waals surface area contributed by atoms with Crippen molar-refractivity contribution in [2.45, 2.75) is 6.92 Å². The van der Waals surface area contributed by atoms with E-state index in [1.165, 1.54) is 9.80 Å². The van der Waals surface area contributed by atoms with Gasteiger partial charge in [-0.05, 0) is 6.92 Å². The van der Waals surface area contributed by atoms with Crippen LogP contribution in [0.2, 0.25) is 0 Å². The van der Waals surface area contributed by atoms with E-state index in [9.17, 15) is 18.0 Å². The zero-order valence-corrected chi connectivity index (χ0v) is 10.4. The van der Waals surface area contributed by atoms with Gasteiger partial charge in [0, 0.05) is 19.6 Å². The Morgan fingerprint density at radius 3 is 2.24 bits per heavy atom. The molecular formula is C9H16N2O5S. The van der Waals surface area contributed by atoms with Crippen molar-refractivity contribution < 1.29 is 23.1 Å². The summed E-state index contributed by atoms with van der Waals surface area (Å²) in [6.07, 6.45) is 0. The fourth-order valence-electron chi connectivity index (χ4n) is 1.58. The van der Waals surface area contributed by atoms with Gasteiger partial charge < -0.3 is 14.9 Å². The Bertz CT molecular complexity index is 392. The summed E-state index contributed by atoms with van der Waals surface area (Å²) < 4.78 is 22.4. The molecule has 0 aromatic carbocycles. The predicted octanol–water partition coefficient (Wildman–Crippen LogP) is -0.757. The second-order valence-corrected chi connectivity index (χ2v) is 6.13. The van der Waals surface area contributed by atoms with E-state index in [0.29, 0.717) is 0 Å². The molecule has 1 fully saturated rings. The number of carbonyl (C=O) groups excluding carboxylic acids is 1. The van der Waals surface area contributed by atoms with Gasteiger partial charge in [-0.3, -0.25) is 4.79 Å². The highest BCUT2D eigenvalue weighted by Crippen LogP contribution is 2.07. The molecule has 1 saturated heterocycles. The molecule has 0 unspecified atom stereocenters. The maximum absolute atomic E-state index is 11.9. The first-order chi connectivity index (χ1) is 7.85. The summed E-state index contributed by atoms with van der Waals surface area (Å²) in [5, 5.41) is 8.64. The van der Waals surface area contributed by atoms with E-state index in [2.05, 4.69) is 0 Å². The average Bonchev–Trinajstić information content (AvgIpc) is 2.24. The van der Waals surface area contributed by atoms with Crippen LogP contribution >= 0.6 is 0 Å². The van der Waals surface area contributed by atoms with Gasteiger partial charge in [0.1, 0.15) is 6.54 Å². The smallest absolute Gasteiger partial charge is 0.323 e. The van der Waals surface area contributed by atoms with Crippen molar-refractivity contribution in [2.24, 2.45) is 0 Å². The molecule has 1 N–H and O–H groups in total. The normalized spacial score (nSPS) is 18.8. The second-order valence-electron chi connectivity index (χ2n) is 3.83. The van der Waals surface area contributed by atoms with Gasteiger partial charge >= 0.3 is 12.0 Å². The first-order valence-corrected chi connectivity index (χ1v) is 7.14. The van der Waals surface area contributed by atoms with E-state index in [-0.39, 0.29) is 37.7 Å². The number of urea groups is 1. The minimum absolute atomic E-state index is 0.0522. The number of likely N-dealkylation sites (N-methyl/N-ethyl adjacent to an activating group) is 1. The first kappa shape index (κ1) is 13.8. The molecule has 7 nitrogen and oxygen atoms in total. The van der Waals surface area contributed by atoms with Crippen LogP contribution in [0.4, 0.5) is 4.79 Å². The van der Waals surface area contributed by atoms with Crippen molar-refractivity contribution in [3.63, 3.8) is 0 Å². The van der Waals surface area contributed by atoms with Crippen LogP contribution in [0.5, 0.6) is 0 Å². The molecule has 1 heterocycles. The second kappa shape index (κ2) is 5.35. The summed E-state index contributed by atoms with van der Waals surface area (Å²) in [6, 6.07) is -0.412. The number of nitrogens with zero attached hydrogens (tertiary/aromatic N) is 2. The molecular weight excluding hydrogens is 248 g/mol. The lowest BCUT2D eigenvalue weighted by Gasteiger charge is -2.31. The van der Waals surface area contributed by atoms with Crippen molar-refractivity contribution in [1.82, 2.24) is 9.80 Å². The fraction of sp³-hybridized carbons (Fsp3) is 0.778. The minimum atomic E-state index is -3.03. The van der Waals surface area contributed by atoms with Gasteiger partial charge in [-0.25, -0.2) is 13.2 Å². The van der Waals surface area contributed by atoms with E-state index in [1.807, 2.05) is 0 Å². The number of aliphatic carboxylic acids is 1. The number of hydrogen-bond donors (Lipinski definition) is 1. The molecule has 0 spiro atoms. The summed E-state index contributed by atoms with van der Waals surface area (Å²) in [7, 11) is -3.03. The van der Waals surface area contributed by atoms with Crippen LogP contribution in [-0.4, -0.2) is 73.0 Å². The fourth-order valence-corrected chi connectivity index (χ4v) is 2.78. The summed E-state index contributed by atoms with van der Waals surface area (Å²) in [5.74, 6) is -1.18. The standard InChI is InChI=1S/C9H16N2O5S/c1-2-10(7-8(12)13)9(14)11-3-5-17(15,16)6-4-11/h2-7H2,1H3,(H,12,13). The highest BCUT2D eigenvalue weighted by Gasteiger charge is 2.28. The number of carboxylic acid groups (broad SMARTS) is 1. The topological polar surface area (TPSA) is 95.0 Å². The summed E-state index contributed by atoms with van der Waals surface area (Å²) in [4.78, 5) is 25.0. The maximum Gasteiger partial charge on any atom is 0.323 e. The monoisotopic (exact) mass is 264 g/mol. The first-order valence-electron chi connectivity index (χ1n) is 5.32. The Balaban J connectivity index is 2.61. The van der Waals surface area contributed by atoms with Gasteiger partial charge in [-0.1, -0.05) is 0 Å². The highest BCUT2D eigenvalue weighted by atomic mass is 32.2. The molecule has 1 rings (SSSR count). The number of rotatable bonds is 3. The van der Waals surface area contributed by atoms with Crippen molar-refractivity contribution in [3.05, 3.63) is 0 Å². The molecule has 0 radical (unpaired) electrons. The lowest BCUT2D eigenvalue weighted by molar-refractivity contribution is -0.137. The number of sulfone groups is 1. The van der Waals surface area contributed by atoms with Crippen molar-refractivity contribution in [1.29, 1.82) is 0 Å². The van der Waals surface area contributed by atoms with E-state index in [4.69, 9.17) is 5.11 Å². The van der Waals surface area contributed by atoms with Crippen molar-refractivity contribution in [2.75, 3.05) is 37.7 Å². The van der Waals surface area contributed by atoms with Gasteiger partial charge in [0.2, 0.25) is 0 Å². The Morgan fingerprint density at radius 2 is 1.82 bits per heavy atom. The van der Waals surface area contributed by atoms with Crippen LogP contribution in [0, 0.1) is 0 Å². The molecule has 0 aromatic rings. The van der Waals surface area contributed by atoms with Crippen LogP contribution < -0.4 is 0 Å². The van der Waals surface area contributed by atoms with E-state index < -0.39 is 21.8 Å². The lowest BCUT2D eigenvalue weighted by Crippen LogP contribution is -2.50. The zero-order valence-electron chi connectivity index (χ0n) is 9.63. The Kier molecular flexibility index (Phi) is 4.33. The van der Waals surface area contributed by atoms with Gasteiger partial charge in [0.25, 0.3) is 0 Å². The summed E-state index contributed by atoms with van der Waals surface area (Å²) in [6.45, 7) is 1.88. The molecule has 1 aliphatic heterocycles. The Labute approximate surface area is 99.9 Å². The van der Waals surface area contributed by atoms with Gasteiger partial charge in [0.05, 0.1) is 11.5 Å². The van der Waals surface area contributed by atoms with Gasteiger partial charge in [-0.2, -0.15) is 0 Å². The van der Waals surface area contributed by atoms with Crippen molar-refractivity contribution in [3.8, 4) is 0 Å². The van der Waals surface area contributed by atoms with Gasteiger partial charge in [-0.15, -0.1) is 0 Å². The maximum atomic E-state index is 11.9. The third kappa shape index (κ3) is 3.88. The summed E-state index contributed by atoms with van der Waals surface area (Å²) >= 11 is 0. The third-order valence-corrected chi connectivity index (χ3v) is 4.20. The van der Waals surface area contributed by atoms with E-state index in [0.717, 1.165) is 0 Å². The molecule has 2 amide bonds. The summed E-state index contributed by atoms with van der Waals surface area (Å²) in [5.41, 5.74) is 0. The predicted molar refractivity (Wildman–Crippen MR) is 60.5 cm³/mol. The van der Waals surface area contributed by atoms with Crippen LogP contribution in [0.1, 0.15) is 6.92 Å². The van der Waals surface area contributed by atoms with E-state index in [1.54, 1.807) is 6.92 Å². The molecule has 1 aliphatic rings. The van der Waals surface area contributed by atoms with Crippen LogP contribution in [0.15, 0.2) is 0 Å². The Hall–Kier alpha value is -1.31. The molecule has 8 heteroatoms. The molecule has 0 aliphatic carbocycles. The van der Waals surface area contributed by atoms with Crippen LogP contribution in [0.25, 0.3) is 0 Å². The number of hydrogen-bond acceptors (Lipinski definition) is 4. The van der Waals surface area contributed by atoms with Crippen molar-refractivity contribution >= 4 is 21.8 Å². The number of carboxylic acids is 1. The molecule has 0 aromatic heterocycles. The Morgan fingerprint density at radius 1 is 1.29 bits per heavy atom. The average molecular weight is 264 g/mol. The highest BCUT2D eigenvalue weighted by molar-refractivity contribution is 7.91. The lowest BCUT2D eigenvalue weighted by atomic mass is 10.4. The minimum Gasteiger partial charge on any atom is -0.480 e. The quantitative estimate of drug-likeness (QED) is 0.723. The zero-order chi connectivity index (χ0) is 13.1. The van der Waals surface area contributed by atoms with Gasteiger partial charge in [0.15, 0.2) is 9.84 Å². The number of carbonyl (C=O) groups is 2. The SMILES string of the molecule is CCN(CC(=O)O)C(=O)N1CCS(=O)(=O)CC1. The molecule has 0 atom stereocenters. The molecule has 0 saturated carbocycles. The third-order valence-electron chi connectivity index (χ3n) is 2.59. The molecule has 17 heavy (non-hydrogen) atoms. The van der Waals surface area contributed by atoms with E-state index >= 15 is 0 Å². The van der Waals surface area contributed by atoms with Crippen LogP contribution in [-0.2, 0) is 14.6 Å². The molecule has 98 valence electrons. The van der Waals surface area contributed by atoms with Crippen LogP contribution in [0.3, 0.4) is 0 Å². The molecule has 0 bridgehead atoms. The number of amides is 2.